The van der Waals surface area contributed by atoms with Gasteiger partial charge in [-0.15, -0.1) is 0 Å². The molecule has 0 atom stereocenters. The molecule has 0 aliphatic carbocycles. The van der Waals surface area contributed by atoms with Crippen LogP contribution in [0.25, 0.3) is 0 Å². The average Bonchev–Trinajstić information content (AvgIpc) is 2.48. The second kappa shape index (κ2) is 6.17. The van der Waals surface area contributed by atoms with Crippen molar-refractivity contribution in [3.05, 3.63) is 47.5 Å². The van der Waals surface area contributed by atoms with Crippen molar-refractivity contribution in [2.24, 2.45) is 0 Å². The summed E-state index contributed by atoms with van der Waals surface area (Å²) in [5.41, 5.74) is 0.910. The van der Waals surface area contributed by atoms with Gasteiger partial charge in [-0.25, -0.2) is 0 Å². The minimum Gasteiger partial charge on any atom is -0.507 e. The van der Waals surface area contributed by atoms with Crippen LogP contribution in [0.2, 0.25) is 0 Å². The molecule has 21 heavy (non-hydrogen) atoms. The zero-order valence-corrected chi connectivity index (χ0v) is 11.8. The van der Waals surface area contributed by atoms with Gasteiger partial charge in [0, 0.05) is 12.5 Å². The Bertz CT molecular complexity index is 664. The maximum atomic E-state index is 12.2. The Morgan fingerprint density at radius 2 is 1.76 bits per heavy atom. The van der Waals surface area contributed by atoms with Crippen LogP contribution in [0.15, 0.2) is 36.4 Å². The largest absolute Gasteiger partial charge is 0.507 e. The summed E-state index contributed by atoms with van der Waals surface area (Å²) in [7, 11) is 2.93. The van der Waals surface area contributed by atoms with E-state index >= 15 is 0 Å². The summed E-state index contributed by atoms with van der Waals surface area (Å²) in [5.74, 6) is 0.448. The number of benzene rings is 2. The Kier molecular flexibility index (Phi) is 4.33. The number of carbonyl (C=O) groups is 1. The molecule has 5 heteroatoms. The van der Waals surface area contributed by atoms with Gasteiger partial charge in [0.05, 0.1) is 19.8 Å². The molecule has 0 radical (unpaired) electrons. The van der Waals surface area contributed by atoms with Crippen molar-refractivity contribution < 1.29 is 24.5 Å². The number of hydrogen-bond acceptors (Lipinski definition) is 5. The molecule has 0 aromatic heterocycles. The van der Waals surface area contributed by atoms with Crippen LogP contribution in [-0.4, -0.2) is 30.2 Å². The predicted molar refractivity (Wildman–Crippen MR) is 77.4 cm³/mol. The molecule has 0 fully saturated rings. The highest BCUT2D eigenvalue weighted by molar-refractivity contribution is 6.00. The zero-order valence-electron chi connectivity index (χ0n) is 11.8. The Morgan fingerprint density at radius 1 is 1.00 bits per heavy atom. The third-order valence-corrected chi connectivity index (χ3v) is 3.11. The van der Waals surface area contributed by atoms with Gasteiger partial charge >= 0.3 is 0 Å². The fourth-order valence-electron chi connectivity index (χ4n) is 1.99. The Labute approximate surface area is 122 Å². The van der Waals surface area contributed by atoms with Crippen LogP contribution in [0.5, 0.6) is 23.0 Å². The Balaban J connectivity index is 2.22. The summed E-state index contributed by atoms with van der Waals surface area (Å²) in [4.78, 5) is 12.2. The Hall–Kier alpha value is -2.69. The summed E-state index contributed by atoms with van der Waals surface area (Å²) in [5, 5.41) is 19.4. The molecule has 0 spiro atoms. The predicted octanol–water partition coefficient (Wildman–Crippen LogP) is 2.54. The van der Waals surface area contributed by atoms with Crippen LogP contribution in [0.1, 0.15) is 15.9 Å². The van der Waals surface area contributed by atoms with Crippen LogP contribution in [0, 0.1) is 0 Å². The SMILES string of the molecule is COc1ccc(C(=O)Cc2ccc(O)c(OC)c2)c(O)c1. The van der Waals surface area contributed by atoms with E-state index in [1.165, 1.54) is 32.4 Å². The number of rotatable bonds is 5. The van der Waals surface area contributed by atoms with Crippen molar-refractivity contribution in [2.45, 2.75) is 6.42 Å². The number of carbonyl (C=O) groups excluding carboxylic acids is 1. The van der Waals surface area contributed by atoms with Crippen LogP contribution < -0.4 is 9.47 Å². The highest BCUT2D eigenvalue weighted by Crippen LogP contribution is 2.28. The lowest BCUT2D eigenvalue weighted by atomic mass is 10.0. The molecule has 0 aliphatic rings. The van der Waals surface area contributed by atoms with Gasteiger partial charge in [0.1, 0.15) is 11.5 Å². The molecule has 0 amide bonds. The lowest BCUT2D eigenvalue weighted by Gasteiger charge is -2.08. The molecule has 0 saturated carbocycles. The van der Waals surface area contributed by atoms with E-state index in [-0.39, 0.29) is 29.3 Å². The molecule has 0 bridgehead atoms. The Morgan fingerprint density at radius 3 is 2.38 bits per heavy atom. The van der Waals surface area contributed by atoms with Gasteiger partial charge in [0.15, 0.2) is 17.3 Å². The lowest BCUT2D eigenvalue weighted by Crippen LogP contribution is -2.04. The van der Waals surface area contributed by atoms with Crippen molar-refractivity contribution in [3.63, 3.8) is 0 Å². The minimum absolute atomic E-state index is 0.0148. The van der Waals surface area contributed by atoms with E-state index in [1.54, 1.807) is 18.2 Å². The number of ketones is 1. The molecule has 2 aromatic carbocycles. The number of methoxy groups -OCH3 is 2. The van der Waals surface area contributed by atoms with Crippen molar-refractivity contribution in [1.82, 2.24) is 0 Å². The van der Waals surface area contributed by atoms with E-state index in [0.29, 0.717) is 17.1 Å². The average molecular weight is 288 g/mol. The number of phenolic OH excluding ortho intramolecular Hbond substituents is 2. The minimum atomic E-state index is -0.233. The van der Waals surface area contributed by atoms with Crippen LogP contribution in [-0.2, 0) is 6.42 Å². The van der Waals surface area contributed by atoms with Gasteiger partial charge in [-0.05, 0) is 29.8 Å². The highest BCUT2D eigenvalue weighted by Gasteiger charge is 2.14. The van der Waals surface area contributed by atoms with E-state index < -0.39 is 0 Å². The van der Waals surface area contributed by atoms with Crippen molar-refractivity contribution in [1.29, 1.82) is 0 Å². The number of ether oxygens (including phenoxy) is 2. The third-order valence-electron chi connectivity index (χ3n) is 3.11. The van der Waals surface area contributed by atoms with Gasteiger partial charge in [-0.3, -0.25) is 4.79 Å². The monoisotopic (exact) mass is 288 g/mol. The van der Waals surface area contributed by atoms with E-state index in [1.807, 2.05) is 0 Å². The molecule has 0 heterocycles. The maximum Gasteiger partial charge on any atom is 0.170 e. The molecule has 110 valence electrons. The van der Waals surface area contributed by atoms with Crippen molar-refractivity contribution >= 4 is 5.78 Å². The third kappa shape index (κ3) is 3.25. The molecule has 0 aliphatic heterocycles. The normalized spacial score (nSPS) is 10.2. The van der Waals surface area contributed by atoms with Gasteiger partial charge in [0.2, 0.25) is 0 Å². The quantitative estimate of drug-likeness (QED) is 0.827. The fraction of sp³-hybridized carbons (Fsp3) is 0.188. The smallest absolute Gasteiger partial charge is 0.170 e. The number of hydrogen-bond donors (Lipinski definition) is 2. The first-order valence-corrected chi connectivity index (χ1v) is 6.31. The number of phenols is 2. The zero-order chi connectivity index (χ0) is 15.4. The number of aromatic hydroxyl groups is 2. The summed E-state index contributed by atoms with van der Waals surface area (Å²) < 4.78 is 9.98. The summed E-state index contributed by atoms with van der Waals surface area (Å²) in [6, 6.07) is 9.22. The second-order valence-corrected chi connectivity index (χ2v) is 4.49. The van der Waals surface area contributed by atoms with E-state index in [0.717, 1.165) is 0 Å². The fourth-order valence-corrected chi connectivity index (χ4v) is 1.99. The van der Waals surface area contributed by atoms with Crippen molar-refractivity contribution in [2.75, 3.05) is 14.2 Å². The molecule has 0 saturated heterocycles. The summed E-state index contributed by atoms with van der Waals surface area (Å²) >= 11 is 0. The molecule has 2 N–H and O–H groups in total. The van der Waals surface area contributed by atoms with Gasteiger partial charge in [0.25, 0.3) is 0 Å². The maximum absolute atomic E-state index is 12.2. The van der Waals surface area contributed by atoms with Gasteiger partial charge < -0.3 is 19.7 Å². The number of Topliss-reactive ketones (excluding diaryl/α,β-unsaturated/α-hetero) is 1. The lowest BCUT2D eigenvalue weighted by molar-refractivity contribution is 0.0990. The molecular weight excluding hydrogens is 272 g/mol. The van der Waals surface area contributed by atoms with Crippen LogP contribution in [0.3, 0.4) is 0 Å². The van der Waals surface area contributed by atoms with Crippen LogP contribution in [0.4, 0.5) is 0 Å². The molecule has 2 aromatic rings. The molecule has 0 unspecified atom stereocenters. The highest BCUT2D eigenvalue weighted by atomic mass is 16.5. The van der Waals surface area contributed by atoms with Gasteiger partial charge in [-0.2, -0.15) is 0 Å². The van der Waals surface area contributed by atoms with Crippen LogP contribution >= 0.6 is 0 Å². The standard InChI is InChI=1S/C16H16O5/c1-20-11-4-5-12(15(19)9-11)14(18)7-10-3-6-13(17)16(8-10)21-2/h3-6,8-9,17,19H,7H2,1-2H3. The summed E-state index contributed by atoms with van der Waals surface area (Å²) in [6.07, 6.45) is 0.0938. The van der Waals surface area contributed by atoms with Gasteiger partial charge in [-0.1, -0.05) is 6.07 Å². The van der Waals surface area contributed by atoms with E-state index in [2.05, 4.69) is 0 Å². The first kappa shape index (κ1) is 14.7. The van der Waals surface area contributed by atoms with E-state index in [9.17, 15) is 15.0 Å². The summed E-state index contributed by atoms with van der Waals surface area (Å²) in [6.45, 7) is 0. The first-order chi connectivity index (χ1) is 10.0. The second-order valence-electron chi connectivity index (χ2n) is 4.49. The molecular formula is C16H16O5. The first-order valence-electron chi connectivity index (χ1n) is 6.31. The van der Waals surface area contributed by atoms with Crippen molar-refractivity contribution in [3.8, 4) is 23.0 Å². The van der Waals surface area contributed by atoms with E-state index in [4.69, 9.17) is 9.47 Å². The topological polar surface area (TPSA) is 76.0 Å². The molecule has 2 rings (SSSR count). The molecule has 5 nitrogen and oxygen atoms in total.